The number of nitrogens with zero attached hydrogens (tertiary/aromatic N) is 3. The molecule has 310 valence electrons. The zero-order valence-corrected chi connectivity index (χ0v) is 36.2. The number of aromatic nitrogens is 3. The van der Waals surface area contributed by atoms with Crippen molar-refractivity contribution in [2.75, 3.05) is 0 Å². The number of hydrogen-bond acceptors (Lipinski definition) is 3. The Bertz CT molecular complexity index is 3080. The van der Waals surface area contributed by atoms with Gasteiger partial charge in [0.1, 0.15) is 0 Å². The van der Waals surface area contributed by atoms with Crippen LogP contribution in [0.15, 0.2) is 261 Å². The van der Waals surface area contributed by atoms with Crippen LogP contribution in [0.25, 0.3) is 112 Å². The number of rotatable bonds is 10. The summed E-state index contributed by atoms with van der Waals surface area (Å²) < 4.78 is 0. The summed E-state index contributed by atoms with van der Waals surface area (Å²) in [5, 5.41) is 0. The van der Waals surface area contributed by atoms with Crippen LogP contribution in [0.5, 0.6) is 0 Å². The molecule has 0 saturated carbocycles. The van der Waals surface area contributed by atoms with Crippen LogP contribution in [-0.2, 0) is 0 Å². The molecule has 2 aromatic heterocycles. The van der Waals surface area contributed by atoms with E-state index < -0.39 is 0 Å². The molecule has 3 heteroatoms. The molecule has 3 nitrogen and oxygen atoms in total. The largest absolute Gasteiger partial charge is 0.248 e. The van der Waals surface area contributed by atoms with Crippen molar-refractivity contribution < 1.29 is 0 Å². The summed E-state index contributed by atoms with van der Waals surface area (Å²) in [5.41, 5.74) is 20.6. The lowest BCUT2D eigenvalue weighted by molar-refractivity contribution is 1.18. The van der Waals surface area contributed by atoms with Crippen molar-refractivity contribution >= 4 is 0 Å². The third-order valence-electron chi connectivity index (χ3n) is 12.1. The molecule has 0 unspecified atom stereocenters. The van der Waals surface area contributed by atoms with Crippen LogP contribution in [0.4, 0.5) is 0 Å². The first-order valence-electron chi connectivity index (χ1n) is 22.3. The van der Waals surface area contributed by atoms with Gasteiger partial charge in [0, 0.05) is 27.8 Å². The quantitative estimate of drug-likeness (QED) is 0.138. The van der Waals surface area contributed by atoms with E-state index in [-0.39, 0.29) is 0 Å². The van der Waals surface area contributed by atoms with Gasteiger partial charge >= 0.3 is 0 Å². The molecule has 0 bridgehead atoms. The molecule has 0 fully saturated rings. The Morgan fingerprint density at radius 2 is 0.409 bits per heavy atom. The molecule has 2 heterocycles. The van der Waals surface area contributed by atoms with Gasteiger partial charge in [0.15, 0.2) is 5.82 Å². The zero-order valence-electron chi connectivity index (χ0n) is 36.2. The summed E-state index contributed by atoms with van der Waals surface area (Å²) in [4.78, 5) is 15.1. The Hall–Kier alpha value is -8.79. The maximum atomic E-state index is 5.14. The molecule has 0 aliphatic rings. The summed E-state index contributed by atoms with van der Waals surface area (Å²) in [7, 11) is 0. The Labute approximate surface area is 386 Å². The van der Waals surface area contributed by atoms with Crippen molar-refractivity contribution in [3.63, 3.8) is 0 Å². The second-order valence-electron chi connectivity index (χ2n) is 16.4. The highest BCUT2D eigenvalue weighted by atomic mass is 14.9. The van der Waals surface area contributed by atoms with E-state index in [1.165, 1.54) is 33.4 Å². The number of hydrogen-bond donors (Lipinski definition) is 0. The molecule has 11 rings (SSSR count). The van der Waals surface area contributed by atoms with Crippen molar-refractivity contribution in [3.05, 3.63) is 261 Å². The number of benzene rings is 9. The van der Waals surface area contributed by atoms with Gasteiger partial charge < -0.3 is 0 Å². The van der Waals surface area contributed by atoms with Crippen molar-refractivity contribution in [3.8, 4) is 112 Å². The average molecular weight is 842 g/mol. The molecule has 0 spiro atoms. The average Bonchev–Trinajstić information content (AvgIpc) is 3.42. The van der Waals surface area contributed by atoms with Crippen LogP contribution in [0.2, 0.25) is 0 Å². The normalized spacial score (nSPS) is 11.0. The SMILES string of the molecule is c1ccc(-c2cc(-c3ccccc3)nc(-c3ccc(-c4cccc(-c5cccc(-c6cccc(-c7ccc(-c8cc(-c9ccccc9)nc(-c9ccccc9)n8)cc7)c6)c5)c4)cc3)c2)cc1. The van der Waals surface area contributed by atoms with Gasteiger partial charge in [-0.2, -0.15) is 0 Å². The minimum atomic E-state index is 0.712. The topological polar surface area (TPSA) is 38.7 Å². The van der Waals surface area contributed by atoms with Gasteiger partial charge in [-0.15, -0.1) is 0 Å². The fourth-order valence-corrected chi connectivity index (χ4v) is 8.60. The van der Waals surface area contributed by atoms with Crippen molar-refractivity contribution in [2.24, 2.45) is 0 Å². The predicted octanol–water partition coefficient (Wildman–Crippen LogP) is 16.5. The van der Waals surface area contributed by atoms with Crippen LogP contribution < -0.4 is 0 Å². The highest BCUT2D eigenvalue weighted by molar-refractivity contribution is 5.82. The van der Waals surface area contributed by atoms with Crippen LogP contribution >= 0.6 is 0 Å². The molecule has 0 aliphatic carbocycles. The van der Waals surface area contributed by atoms with E-state index in [2.05, 4.69) is 218 Å². The van der Waals surface area contributed by atoms with Gasteiger partial charge in [-0.05, 0) is 92.0 Å². The highest BCUT2D eigenvalue weighted by Crippen LogP contribution is 2.35. The molecule has 0 saturated heterocycles. The van der Waals surface area contributed by atoms with Gasteiger partial charge in [0.05, 0.1) is 22.8 Å². The van der Waals surface area contributed by atoms with Crippen molar-refractivity contribution in [2.45, 2.75) is 0 Å². The van der Waals surface area contributed by atoms with Gasteiger partial charge in [-0.3, -0.25) is 0 Å². The summed E-state index contributed by atoms with van der Waals surface area (Å²) in [6, 6.07) is 91.9. The number of pyridine rings is 1. The molecule has 0 aliphatic heterocycles. The molecule has 11 aromatic rings. The van der Waals surface area contributed by atoms with Crippen LogP contribution in [-0.4, -0.2) is 15.0 Å². The molecular formula is C63H43N3. The lowest BCUT2D eigenvalue weighted by Gasteiger charge is -2.12. The lowest BCUT2D eigenvalue weighted by Crippen LogP contribution is -1.95. The van der Waals surface area contributed by atoms with Gasteiger partial charge in [0.2, 0.25) is 0 Å². The summed E-state index contributed by atoms with van der Waals surface area (Å²) in [6.07, 6.45) is 0. The predicted molar refractivity (Wildman–Crippen MR) is 274 cm³/mol. The van der Waals surface area contributed by atoms with Gasteiger partial charge in [0.25, 0.3) is 0 Å². The lowest BCUT2D eigenvalue weighted by atomic mass is 9.94. The van der Waals surface area contributed by atoms with E-state index in [1.54, 1.807) is 0 Å². The van der Waals surface area contributed by atoms with Gasteiger partial charge in [-0.25, -0.2) is 15.0 Å². The Balaban J connectivity index is 0.845. The molecule has 0 amide bonds. The molecule has 66 heavy (non-hydrogen) atoms. The monoisotopic (exact) mass is 841 g/mol. The smallest absolute Gasteiger partial charge is 0.160 e. The van der Waals surface area contributed by atoms with Crippen molar-refractivity contribution in [1.29, 1.82) is 0 Å². The second kappa shape index (κ2) is 18.1. The van der Waals surface area contributed by atoms with E-state index >= 15 is 0 Å². The van der Waals surface area contributed by atoms with E-state index in [4.69, 9.17) is 15.0 Å². The van der Waals surface area contributed by atoms with E-state index in [0.29, 0.717) is 5.82 Å². The summed E-state index contributed by atoms with van der Waals surface area (Å²) in [6.45, 7) is 0. The zero-order chi connectivity index (χ0) is 44.1. The molecule has 0 radical (unpaired) electrons. The summed E-state index contributed by atoms with van der Waals surface area (Å²) >= 11 is 0. The van der Waals surface area contributed by atoms with E-state index in [9.17, 15) is 0 Å². The third-order valence-corrected chi connectivity index (χ3v) is 12.1. The third kappa shape index (κ3) is 8.62. The standard InChI is InChI=1S/C63H43N3/c1-5-16-44(17-6-1)58-41-59(47-18-7-2-8-19-47)64-60(42-58)49-34-30-45(31-35-49)52-24-13-26-54(38-52)56-28-15-29-57(40-56)55-27-14-25-53(39-55)46-32-36-50(37-33-46)62-43-61(48-20-9-3-10-21-48)65-63(66-62)51-22-11-4-12-23-51/h1-43H. The van der Waals surface area contributed by atoms with Crippen molar-refractivity contribution in [1.82, 2.24) is 15.0 Å². The van der Waals surface area contributed by atoms with Crippen LogP contribution in [0.1, 0.15) is 0 Å². The van der Waals surface area contributed by atoms with Crippen LogP contribution in [0, 0.1) is 0 Å². The van der Waals surface area contributed by atoms with E-state index in [0.717, 1.165) is 72.8 Å². The maximum absolute atomic E-state index is 5.14. The first kappa shape index (κ1) is 40.0. The molecular weight excluding hydrogens is 799 g/mol. The fraction of sp³-hybridized carbons (Fsp3) is 0. The minimum absolute atomic E-state index is 0.712. The molecule has 0 atom stereocenters. The minimum Gasteiger partial charge on any atom is -0.248 e. The Morgan fingerprint density at radius 1 is 0.152 bits per heavy atom. The first-order valence-corrected chi connectivity index (χ1v) is 22.3. The van der Waals surface area contributed by atoms with Crippen LogP contribution in [0.3, 0.4) is 0 Å². The van der Waals surface area contributed by atoms with E-state index in [1.807, 2.05) is 42.5 Å². The Morgan fingerprint density at radius 3 is 0.788 bits per heavy atom. The highest BCUT2D eigenvalue weighted by Gasteiger charge is 2.13. The maximum Gasteiger partial charge on any atom is 0.160 e. The first-order chi connectivity index (χ1) is 32.7. The van der Waals surface area contributed by atoms with Gasteiger partial charge in [-0.1, -0.05) is 224 Å². The second-order valence-corrected chi connectivity index (χ2v) is 16.4. The fourth-order valence-electron chi connectivity index (χ4n) is 8.60. The Kier molecular flexibility index (Phi) is 11.0. The summed E-state index contributed by atoms with van der Waals surface area (Å²) in [5.74, 6) is 0.712. The molecule has 9 aromatic carbocycles. The molecule has 0 N–H and O–H groups in total.